The van der Waals surface area contributed by atoms with E-state index in [1.807, 2.05) is 31.2 Å². The number of fused-ring (bicyclic) bond motifs is 2. The first kappa shape index (κ1) is 15.9. The summed E-state index contributed by atoms with van der Waals surface area (Å²) in [5.74, 6) is -0.454. The van der Waals surface area contributed by atoms with Crippen molar-refractivity contribution in [1.82, 2.24) is 0 Å². The van der Waals surface area contributed by atoms with Crippen molar-refractivity contribution in [2.45, 2.75) is 24.7 Å². The molecule has 7 nitrogen and oxygen atoms in total. The Morgan fingerprint density at radius 3 is 2.32 bits per heavy atom. The summed E-state index contributed by atoms with van der Waals surface area (Å²) < 4.78 is 16.9. The maximum Gasteiger partial charge on any atom is 0.343 e. The minimum Gasteiger partial charge on any atom is -0.497 e. The van der Waals surface area contributed by atoms with Crippen LogP contribution >= 0.6 is 0 Å². The van der Waals surface area contributed by atoms with Gasteiger partial charge < -0.3 is 14.2 Å². The van der Waals surface area contributed by atoms with Gasteiger partial charge in [0.15, 0.2) is 10.8 Å². The summed E-state index contributed by atoms with van der Waals surface area (Å²) in [5.41, 5.74) is 3.82. The molecule has 1 saturated carbocycles. The first-order chi connectivity index (χ1) is 12.1. The van der Waals surface area contributed by atoms with Gasteiger partial charge in [-0.2, -0.15) is 10.5 Å². The Balaban J connectivity index is 1.99. The van der Waals surface area contributed by atoms with E-state index in [0.29, 0.717) is 25.4 Å². The van der Waals surface area contributed by atoms with Crippen molar-refractivity contribution in [3.63, 3.8) is 0 Å². The fourth-order valence-corrected chi connectivity index (χ4v) is 5.19. The topological polar surface area (TPSA) is 115 Å². The molecule has 2 aliphatic heterocycles. The molecular weight excluding hydrogens is 320 g/mol. The number of hydrogen-bond acceptors (Lipinski definition) is 6. The lowest BCUT2D eigenvalue weighted by atomic mass is 9.80. The maximum absolute atomic E-state index is 10.2. The summed E-state index contributed by atoms with van der Waals surface area (Å²) in [4.78, 5) is 2.97. The summed E-state index contributed by atoms with van der Waals surface area (Å²) in [5, 5.41) is 20.4. The molecular formula is C18H19N4O3+. The molecule has 1 aromatic carbocycles. The normalized spacial score (nSPS) is 37.0. The summed E-state index contributed by atoms with van der Waals surface area (Å²) in [6.07, 6.45) is 0.539. The van der Waals surface area contributed by atoms with Crippen molar-refractivity contribution in [1.29, 1.82) is 10.5 Å². The predicted octanol–water partition coefficient (Wildman–Crippen LogP) is -0.471. The van der Waals surface area contributed by atoms with Crippen LogP contribution in [0.1, 0.15) is 18.9 Å². The number of methoxy groups -OCH3 is 1. The molecule has 0 bridgehead atoms. The molecule has 1 spiro atoms. The van der Waals surface area contributed by atoms with Gasteiger partial charge in [-0.25, -0.2) is 4.99 Å². The second-order valence-corrected chi connectivity index (χ2v) is 6.56. The van der Waals surface area contributed by atoms with E-state index in [-0.39, 0.29) is 5.84 Å². The second kappa shape index (κ2) is 4.72. The Morgan fingerprint density at radius 1 is 1.20 bits per heavy atom. The molecule has 2 fully saturated rings. The van der Waals surface area contributed by atoms with Crippen molar-refractivity contribution < 1.29 is 19.2 Å². The van der Waals surface area contributed by atoms with Crippen LogP contribution in [0.4, 0.5) is 0 Å². The highest BCUT2D eigenvalue weighted by Crippen LogP contribution is 2.83. The fourth-order valence-electron chi connectivity index (χ4n) is 5.19. The standard InChI is InChI=1S/C18H18N4O3/c1-3-15(12-4-6-13(23-2)7-5-12)16(10-19)14(21)22-18(17(15,16)11-20)24-8-9-25-18/h4-7H,3,8-9H2,1-2H3,(H2,21,22)/p+1/t15-,16+,17-/m1/s1. The van der Waals surface area contributed by atoms with Crippen LogP contribution in [0, 0.1) is 33.5 Å². The van der Waals surface area contributed by atoms with Crippen molar-refractivity contribution >= 4 is 5.84 Å². The van der Waals surface area contributed by atoms with Crippen LogP contribution < -0.4 is 15.5 Å². The smallest absolute Gasteiger partial charge is 0.343 e. The number of rotatable bonds is 3. The largest absolute Gasteiger partial charge is 0.497 e. The van der Waals surface area contributed by atoms with Gasteiger partial charge >= 0.3 is 5.91 Å². The van der Waals surface area contributed by atoms with Crippen LogP contribution in [0.3, 0.4) is 0 Å². The Morgan fingerprint density at radius 2 is 1.84 bits per heavy atom. The molecule has 3 N–H and O–H groups in total. The summed E-state index contributed by atoms with van der Waals surface area (Å²) in [6, 6.07) is 12.1. The van der Waals surface area contributed by atoms with Gasteiger partial charge in [-0.3, -0.25) is 5.73 Å². The van der Waals surface area contributed by atoms with Crippen LogP contribution in [0.2, 0.25) is 0 Å². The van der Waals surface area contributed by atoms with Crippen LogP contribution in [0.5, 0.6) is 5.75 Å². The molecule has 1 aromatic rings. The highest BCUT2D eigenvalue weighted by Gasteiger charge is 3.04. The fraction of sp³-hybridized carbons (Fsp3) is 0.500. The van der Waals surface area contributed by atoms with E-state index >= 15 is 0 Å². The molecule has 128 valence electrons. The SMILES string of the molecule is CC[C@@]1(c2ccc(OC)cc2)[C@]2(C#N)C(N)=[NH+]C3(OCCO3)[C@@]21C#N. The third-order valence-corrected chi connectivity index (χ3v) is 6.12. The first-order valence-electron chi connectivity index (χ1n) is 8.22. The van der Waals surface area contributed by atoms with E-state index in [4.69, 9.17) is 19.9 Å². The molecule has 0 radical (unpaired) electrons. The number of nitrogens with two attached hydrogens (primary N) is 1. The Kier molecular flexibility index (Phi) is 3.00. The van der Waals surface area contributed by atoms with Gasteiger partial charge in [0, 0.05) is 0 Å². The summed E-state index contributed by atoms with van der Waals surface area (Å²) in [6.45, 7) is 2.64. The molecule has 3 aliphatic rings. The molecule has 2 heterocycles. The zero-order valence-electron chi connectivity index (χ0n) is 14.1. The monoisotopic (exact) mass is 339 g/mol. The summed E-state index contributed by atoms with van der Waals surface area (Å²) in [7, 11) is 1.59. The second-order valence-electron chi connectivity index (χ2n) is 6.56. The molecule has 3 atom stereocenters. The number of nitrogens with zero attached hydrogens (tertiary/aromatic N) is 2. The highest BCUT2D eigenvalue weighted by molar-refractivity contribution is 5.97. The lowest BCUT2D eigenvalue weighted by Gasteiger charge is -2.29. The molecule has 1 saturated heterocycles. The van der Waals surface area contributed by atoms with E-state index in [1.54, 1.807) is 7.11 Å². The number of nitriles is 2. The van der Waals surface area contributed by atoms with E-state index in [0.717, 1.165) is 5.56 Å². The van der Waals surface area contributed by atoms with Gasteiger partial charge in [0.25, 0.3) is 5.84 Å². The lowest BCUT2D eigenvalue weighted by Crippen LogP contribution is -2.90. The zero-order chi connectivity index (χ0) is 17.9. The zero-order valence-corrected chi connectivity index (χ0v) is 14.1. The molecule has 7 heteroatoms. The lowest BCUT2D eigenvalue weighted by molar-refractivity contribution is -0.677. The van der Waals surface area contributed by atoms with E-state index < -0.39 is 22.2 Å². The Hall–Kier alpha value is -2.61. The molecule has 0 unspecified atom stereocenters. The third-order valence-electron chi connectivity index (χ3n) is 6.12. The highest BCUT2D eigenvalue weighted by atomic mass is 16.8. The van der Waals surface area contributed by atoms with Crippen molar-refractivity contribution in [3.8, 4) is 17.9 Å². The number of amidine groups is 1. The van der Waals surface area contributed by atoms with Gasteiger partial charge in [-0.1, -0.05) is 19.1 Å². The first-order valence-corrected chi connectivity index (χ1v) is 8.22. The Labute approximate surface area is 145 Å². The van der Waals surface area contributed by atoms with Crippen molar-refractivity contribution in [3.05, 3.63) is 29.8 Å². The van der Waals surface area contributed by atoms with Gasteiger partial charge in [0.1, 0.15) is 5.75 Å². The van der Waals surface area contributed by atoms with Crippen LogP contribution in [0.15, 0.2) is 24.3 Å². The van der Waals surface area contributed by atoms with Crippen LogP contribution in [-0.2, 0) is 14.9 Å². The number of hydrogen-bond donors (Lipinski definition) is 2. The van der Waals surface area contributed by atoms with Crippen LogP contribution in [-0.4, -0.2) is 32.1 Å². The van der Waals surface area contributed by atoms with Crippen molar-refractivity contribution in [2.24, 2.45) is 16.6 Å². The van der Waals surface area contributed by atoms with Crippen LogP contribution in [0.25, 0.3) is 0 Å². The van der Waals surface area contributed by atoms with E-state index in [2.05, 4.69) is 17.1 Å². The number of ether oxygens (including phenoxy) is 3. The average molecular weight is 339 g/mol. The third kappa shape index (κ3) is 1.31. The predicted molar refractivity (Wildman–Crippen MR) is 85.8 cm³/mol. The van der Waals surface area contributed by atoms with Crippen molar-refractivity contribution in [2.75, 3.05) is 20.3 Å². The molecule has 4 rings (SSSR count). The van der Waals surface area contributed by atoms with Gasteiger partial charge in [-0.05, 0) is 24.1 Å². The van der Waals surface area contributed by atoms with E-state index in [1.165, 1.54) is 0 Å². The molecule has 25 heavy (non-hydrogen) atoms. The summed E-state index contributed by atoms with van der Waals surface area (Å²) >= 11 is 0. The molecule has 1 aliphatic carbocycles. The Bertz CT molecular complexity index is 847. The number of benzene rings is 1. The minimum absolute atomic E-state index is 0.233. The quantitative estimate of drug-likeness (QED) is 0.769. The maximum atomic E-state index is 10.2. The van der Waals surface area contributed by atoms with E-state index in [9.17, 15) is 10.5 Å². The molecule has 0 aromatic heterocycles. The van der Waals surface area contributed by atoms with Gasteiger partial charge in [0.05, 0.1) is 37.9 Å². The van der Waals surface area contributed by atoms with Gasteiger partial charge in [0.2, 0.25) is 0 Å². The average Bonchev–Trinajstić information content (AvgIpc) is 2.85. The number of nitrogens with one attached hydrogen (secondary N) is 1. The van der Waals surface area contributed by atoms with Gasteiger partial charge in [-0.15, -0.1) is 0 Å². The molecule has 0 amide bonds. The minimum atomic E-state index is -1.39.